The number of nitrogens with zero attached hydrogens (tertiary/aromatic N) is 1. The molecule has 1 aromatic rings. The van der Waals surface area contributed by atoms with Gasteiger partial charge in [-0.25, -0.2) is 8.42 Å². The van der Waals surface area contributed by atoms with Gasteiger partial charge in [-0.15, -0.1) is 0 Å². The molecule has 2 N–H and O–H groups in total. The number of aliphatic carboxylic acids is 1. The van der Waals surface area contributed by atoms with Crippen LogP contribution in [0, 0.1) is 0 Å². The van der Waals surface area contributed by atoms with Crippen molar-refractivity contribution >= 4 is 27.6 Å². The van der Waals surface area contributed by atoms with E-state index in [0.29, 0.717) is 0 Å². The van der Waals surface area contributed by atoms with Crippen LogP contribution >= 0.6 is 0 Å². The summed E-state index contributed by atoms with van der Waals surface area (Å²) < 4.78 is 25.4. The summed E-state index contributed by atoms with van der Waals surface area (Å²) in [5, 5.41) is 8.67. The summed E-state index contributed by atoms with van der Waals surface area (Å²) in [4.78, 5) is 23.7. The van der Waals surface area contributed by atoms with Gasteiger partial charge in [-0.3, -0.25) is 14.3 Å². The van der Waals surface area contributed by atoms with Crippen molar-refractivity contribution in [3.8, 4) is 0 Å². The summed E-state index contributed by atoms with van der Waals surface area (Å²) in [5.41, 5.74) is 0.241. The standard InChI is InChI=1S/C12H16N2O5S/c1-3-20(18,19)13-10-7-5-4-6-9(10)12(17)14(2)8-11(15)16/h4-7,13H,3,8H2,1-2H3,(H,15,16). The molecule has 0 aliphatic heterocycles. The van der Waals surface area contributed by atoms with Crippen molar-refractivity contribution in [2.75, 3.05) is 24.1 Å². The first-order chi connectivity index (χ1) is 9.26. The number of likely N-dealkylation sites (N-methyl/N-ethyl adjacent to an activating group) is 1. The fourth-order valence-electron chi connectivity index (χ4n) is 1.48. The number of sulfonamides is 1. The Kier molecular flexibility index (Phi) is 5.09. The van der Waals surface area contributed by atoms with E-state index in [1.54, 1.807) is 12.1 Å². The number of rotatable bonds is 6. The second-order valence-corrected chi connectivity index (χ2v) is 6.12. The minimum absolute atomic E-state index is 0.105. The first-order valence-corrected chi connectivity index (χ1v) is 7.49. The molecule has 0 saturated heterocycles. The smallest absolute Gasteiger partial charge is 0.323 e. The number of carboxylic acids is 1. The zero-order valence-electron chi connectivity index (χ0n) is 11.2. The molecule has 110 valence electrons. The van der Waals surface area contributed by atoms with E-state index in [0.717, 1.165) is 4.90 Å². The summed E-state index contributed by atoms with van der Waals surface area (Å²) in [6, 6.07) is 6.05. The molecule has 8 heteroatoms. The summed E-state index contributed by atoms with van der Waals surface area (Å²) in [7, 11) is -2.18. The van der Waals surface area contributed by atoms with Crippen LogP contribution in [0.2, 0.25) is 0 Å². The fraction of sp³-hybridized carbons (Fsp3) is 0.333. The monoisotopic (exact) mass is 300 g/mol. The highest BCUT2D eigenvalue weighted by atomic mass is 32.2. The zero-order valence-corrected chi connectivity index (χ0v) is 12.0. The molecule has 0 aliphatic rings. The first kappa shape index (κ1) is 16.0. The Morgan fingerprint density at radius 3 is 2.45 bits per heavy atom. The van der Waals surface area contributed by atoms with E-state index in [-0.39, 0.29) is 17.0 Å². The Hall–Kier alpha value is -2.09. The molecule has 0 bridgehead atoms. The van der Waals surface area contributed by atoms with E-state index in [2.05, 4.69) is 4.72 Å². The predicted octanol–water partition coefficient (Wildman–Crippen LogP) is 0.605. The third kappa shape index (κ3) is 4.23. The molecular weight excluding hydrogens is 284 g/mol. The molecule has 0 spiro atoms. The van der Waals surface area contributed by atoms with Crippen LogP contribution in [0.25, 0.3) is 0 Å². The Bertz CT molecular complexity index is 612. The SMILES string of the molecule is CCS(=O)(=O)Nc1ccccc1C(=O)N(C)CC(=O)O. The fourth-order valence-corrected chi connectivity index (χ4v) is 2.14. The van der Waals surface area contributed by atoms with E-state index in [9.17, 15) is 18.0 Å². The lowest BCUT2D eigenvalue weighted by Gasteiger charge is -2.17. The maximum Gasteiger partial charge on any atom is 0.323 e. The lowest BCUT2D eigenvalue weighted by atomic mass is 10.1. The van der Waals surface area contributed by atoms with Gasteiger partial charge in [-0.1, -0.05) is 12.1 Å². The van der Waals surface area contributed by atoms with Gasteiger partial charge in [0.25, 0.3) is 5.91 Å². The van der Waals surface area contributed by atoms with Crippen LogP contribution in [0.4, 0.5) is 5.69 Å². The Balaban J connectivity index is 3.07. The maximum absolute atomic E-state index is 12.1. The molecule has 0 fully saturated rings. The van der Waals surface area contributed by atoms with Crippen molar-refractivity contribution in [1.29, 1.82) is 0 Å². The van der Waals surface area contributed by atoms with Gasteiger partial charge in [0.1, 0.15) is 6.54 Å². The molecule has 1 rings (SSSR count). The average molecular weight is 300 g/mol. The van der Waals surface area contributed by atoms with Gasteiger partial charge in [0.05, 0.1) is 17.0 Å². The highest BCUT2D eigenvalue weighted by molar-refractivity contribution is 7.92. The Morgan fingerprint density at radius 1 is 1.30 bits per heavy atom. The van der Waals surface area contributed by atoms with Crippen LogP contribution in [-0.4, -0.2) is 49.6 Å². The molecule has 0 atom stereocenters. The quantitative estimate of drug-likeness (QED) is 0.801. The number of benzene rings is 1. The van der Waals surface area contributed by atoms with E-state index < -0.39 is 28.4 Å². The van der Waals surface area contributed by atoms with Crippen LogP contribution in [0.3, 0.4) is 0 Å². The molecule has 0 aromatic heterocycles. The largest absolute Gasteiger partial charge is 0.480 e. The first-order valence-electron chi connectivity index (χ1n) is 5.83. The number of nitrogens with one attached hydrogen (secondary N) is 1. The molecule has 0 heterocycles. The summed E-state index contributed by atoms with van der Waals surface area (Å²) in [5.74, 6) is -1.84. The summed E-state index contributed by atoms with van der Waals surface area (Å²) in [6.07, 6.45) is 0. The Labute approximate surface area is 117 Å². The van der Waals surface area contributed by atoms with Gasteiger partial charge in [0.15, 0.2) is 0 Å². The topological polar surface area (TPSA) is 104 Å². The van der Waals surface area contributed by atoms with Crippen LogP contribution in [0.1, 0.15) is 17.3 Å². The second kappa shape index (κ2) is 6.38. The molecule has 1 amide bonds. The van der Waals surface area contributed by atoms with Crippen LogP contribution in [0.5, 0.6) is 0 Å². The van der Waals surface area contributed by atoms with Crippen molar-refractivity contribution in [1.82, 2.24) is 4.90 Å². The molecule has 0 unspecified atom stereocenters. The highest BCUT2D eigenvalue weighted by Gasteiger charge is 2.19. The van der Waals surface area contributed by atoms with Gasteiger partial charge in [0.2, 0.25) is 10.0 Å². The van der Waals surface area contributed by atoms with Crippen molar-refractivity contribution in [2.24, 2.45) is 0 Å². The third-order valence-corrected chi connectivity index (χ3v) is 3.81. The van der Waals surface area contributed by atoms with Gasteiger partial charge >= 0.3 is 5.97 Å². The number of amides is 1. The zero-order chi connectivity index (χ0) is 15.3. The third-order valence-electron chi connectivity index (χ3n) is 2.52. The van der Waals surface area contributed by atoms with E-state index in [4.69, 9.17) is 5.11 Å². The molecular formula is C12H16N2O5S. The van der Waals surface area contributed by atoms with E-state index in [1.807, 2.05) is 0 Å². The average Bonchev–Trinajstić information content (AvgIpc) is 2.37. The molecule has 0 aliphatic carbocycles. The second-order valence-electron chi connectivity index (χ2n) is 4.11. The highest BCUT2D eigenvalue weighted by Crippen LogP contribution is 2.18. The van der Waals surface area contributed by atoms with Gasteiger partial charge < -0.3 is 10.0 Å². The minimum atomic E-state index is -3.51. The number of para-hydroxylation sites is 1. The van der Waals surface area contributed by atoms with Crippen molar-refractivity contribution in [3.63, 3.8) is 0 Å². The van der Waals surface area contributed by atoms with Gasteiger partial charge in [0, 0.05) is 7.05 Å². The van der Waals surface area contributed by atoms with Crippen molar-refractivity contribution in [3.05, 3.63) is 29.8 Å². The maximum atomic E-state index is 12.1. The lowest BCUT2D eigenvalue weighted by Crippen LogP contribution is -2.32. The van der Waals surface area contributed by atoms with Crippen LogP contribution in [-0.2, 0) is 14.8 Å². The van der Waals surface area contributed by atoms with Crippen LogP contribution in [0.15, 0.2) is 24.3 Å². The predicted molar refractivity (Wildman–Crippen MR) is 74.1 cm³/mol. The summed E-state index contributed by atoms with van der Waals surface area (Å²) in [6.45, 7) is 1.01. The summed E-state index contributed by atoms with van der Waals surface area (Å²) >= 11 is 0. The van der Waals surface area contributed by atoms with E-state index in [1.165, 1.54) is 26.1 Å². The molecule has 7 nitrogen and oxygen atoms in total. The van der Waals surface area contributed by atoms with E-state index >= 15 is 0 Å². The van der Waals surface area contributed by atoms with Crippen LogP contribution < -0.4 is 4.72 Å². The number of hydrogen-bond donors (Lipinski definition) is 2. The van der Waals surface area contributed by atoms with Crippen molar-refractivity contribution < 1.29 is 23.1 Å². The number of carbonyl (C=O) groups excluding carboxylic acids is 1. The molecule has 0 saturated carbocycles. The molecule has 20 heavy (non-hydrogen) atoms. The molecule has 1 aromatic carbocycles. The lowest BCUT2D eigenvalue weighted by molar-refractivity contribution is -0.137. The number of carboxylic acid groups (broad SMARTS) is 1. The molecule has 0 radical (unpaired) electrons. The number of carbonyl (C=O) groups is 2. The normalized spacial score (nSPS) is 10.9. The number of hydrogen-bond acceptors (Lipinski definition) is 4. The van der Waals surface area contributed by atoms with Gasteiger partial charge in [-0.2, -0.15) is 0 Å². The van der Waals surface area contributed by atoms with Gasteiger partial charge in [-0.05, 0) is 19.1 Å². The minimum Gasteiger partial charge on any atom is -0.480 e. The Morgan fingerprint density at radius 2 is 1.90 bits per heavy atom. The van der Waals surface area contributed by atoms with Crippen molar-refractivity contribution in [2.45, 2.75) is 6.92 Å². The number of anilines is 1.